The second kappa shape index (κ2) is 5.56. The summed E-state index contributed by atoms with van der Waals surface area (Å²) < 4.78 is 43.0. The lowest BCUT2D eigenvalue weighted by molar-refractivity contribution is -0.143. The molecule has 1 aromatic heterocycles. The minimum atomic E-state index is -4.54. The number of ether oxygens (including phenoxy) is 1. The van der Waals surface area contributed by atoms with E-state index in [-0.39, 0.29) is 12.1 Å². The van der Waals surface area contributed by atoms with Gasteiger partial charge in [-0.3, -0.25) is 9.78 Å². The number of hydrogen-bond donors (Lipinski definition) is 1. The number of alkyl halides is 3. The van der Waals surface area contributed by atoms with Gasteiger partial charge in [-0.15, -0.1) is 0 Å². The first kappa shape index (κ1) is 15.4. The summed E-state index contributed by atoms with van der Waals surface area (Å²) >= 11 is 0. The molecule has 19 heavy (non-hydrogen) atoms. The van der Waals surface area contributed by atoms with Crippen LogP contribution in [0.4, 0.5) is 13.2 Å². The lowest BCUT2D eigenvalue weighted by Gasteiger charge is -2.22. The Morgan fingerprint density at radius 2 is 2.05 bits per heavy atom. The van der Waals surface area contributed by atoms with Crippen LogP contribution in [0.3, 0.4) is 0 Å². The Bertz CT molecular complexity index is 459. The lowest BCUT2D eigenvalue weighted by atomic mass is 10.1. The van der Waals surface area contributed by atoms with Crippen LogP contribution in [-0.2, 0) is 22.3 Å². The number of amides is 1. The monoisotopic (exact) mass is 276 g/mol. The van der Waals surface area contributed by atoms with E-state index >= 15 is 0 Å². The topological polar surface area (TPSA) is 51.2 Å². The van der Waals surface area contributed by atoms with Crippen molar-refractivity contribution in [3.05, 3.63) is 29.6 Å². The number of hydrogen-bond acceptors (Lipinski definition) is 3. The first-order valence-corrected chi connectivity index (χ1v) is 5.53. The molecule has 0 aliphatic carbocycles. The molecule has 1 heterocycles. The number of rotatable bonds is 4. The van der Waals surface area contributed by atoms with Gasteiger partial charge in [-0.05, 0) is 19.9 Å². The molecule has 106 valence electrons. The van der Waals surface area contributed by atoms with Crippen LogP contribution in [0.15, 0.2) is 18.3 Å². The summed E-state index contributed by atoms with van der Waals surface area (Å²) in [5.41, 5.74) is -2.18. The van der Waals surface area contributed by atoms with Crippen molar-refractivity contribution in [1.29, 1.82) is 0 Å². The molecule has 1 aromatic rings. The Hall–Kier alpha value is -1.63. The number of methoxy groups -OCH3 is 1. The second-order valence-electron chi connectivity index (χ2n) is 4.41. The van der Waals surface area contributed by atoms with Crippen molar-refractivity contribution >= 4 is 5.91 Å². The molecular formula is C12H15F3N2O2. The van der Waals surface area contributed by atoms with Gasteiger partial charge in [-0.1, -0.05) is 6.07 Å². The molecule has 0 unspecified atom stereocenters. The van der Waals surface area contributed by atoms with Gasteiger partial charge in [0.05, 0.1) is 0 Å². The smallest absolute Gasteiger partial charge is 0.369 e. The van der Waals surface area contributed by atoms with Crippen LogP contribution in [0.1, 0.15) is 25.1 Å². The Kier molecular flexibility index (Phi) is 4.52. The average molecular weight is 276 g/mol. The van der Waals surface area contributed by atoms with E-state index in [1.807, 2.05) is 0 Å². The van der Waals surface area contributed by atoms with Gasteiger partial charge in [0.15, 0.2) is 0 Å². The molecule has 0 saturated heterocycles. The third-order valence-electron chi connectivity index (χ3n) is 2.66. The Morgan fingerprint density at radius 1 is 1.42 bits per heavy atom. The van der Waals surface area contributed by atoms with Crippen LogP contribution >= 0.6 is 0 Å². The number of aromatic nitrogens is 1. The minimum absolute atomic E-state index is 0.0877. The first-order valence-electron chi connectivity index (χ1n) is 5.53. The predicted octanol–water partition coefficient (Wildman–Crippen LogP) is 2.14. The molecule has 0 aliphatic rings. The molecule has 0 aromatic carbocycles. The summed E-state index contributed by atoms with van der Waals surface area (Å²) in [5.74, 6) is -0.494. The van der Waals surface area contributed by atoms with Gasteiger partial charge in [-0.2, -0.15) is 13.2 Å². The maximum absolute atomic E-state index is 12.7. The van der Waals surface area contributed by atoms with Gasteiger partial charge in [0, 0.05) is 25.4 Å². The summed E-state index contributed by atoms with van der Waals surface area (Å²) in [6.07, 6.45) is -3.48. The summed E-state index contributed by atoms with van der Waals surface area (Å²) in [4.78, 5) is 15.0. The molecule has 1 N–H and O–H groups in total. The first-order chi connectivity index (χ1) is 8.68. The van der Waals surface area contributed by atoms with Gasteiger partial charge in [0.2, 0.25) is 0 Å². The van der Waals surface area contributed by atoms with E-state index < -0.39 is 23.4 Å². The van der Waals surface area contributed by atoms with E-state index in [1.54, 1.807) is 0 Å². The number of carbonyl (C=O) groups excluding carboxylic acids is 1. The minimum Gasteiger partial charge on any atom is -0.369 e. The SMILES string of the molecule is COC(C)(C)C(=O)NCc1cccnc1C(F)(F)F. The molecule has 4 nitrogen and oxygen atoms in total. The van der Waals surface area contributed by atoms with E-state index in [9.17, 15) is 18.0 Å². The van der Waals surface area contributed by atoms with Crippen molar-refractivity contribution in [3.8, 4) is 0 Å². The van der Waals surface area contributed by atoms with Gasteiger partial charge in [0.1, 0.15) is 11.3 Å². The van der Waals surface area contributed by atoms with Crippen LogP contribution in [-0.4, -0.2) is 23.6 Å². The van der Waals surface area contributed by atoms with E-state index in [4.69, 9.17) is 4.74 Å². The van der Waals surface area contributed by atoms with E-state index in [1.165, 1.54) is 33.1 Å². The van der Waals surface area contributed by atoms with Crippen molar-refractivity contribution in [3.63, 3.8) is 0 Å². The maximum Gasteiger partial charge on any atom is 0.433 e. The van der Waals surface area contributed by atoms with Crippen molar-refractivity contribution in [2.45, 2.75) is 32.2 Å². The molecule has 0 bridgehead atoms. The lowest BCUT2D eigenvalue weighted by Crippen LogP contribution is -2.43. The molecule has 0 radical (unpaired) electrons. The van der Waals surface area contributed by atoms with E-state index in [2.05, 4.69) is 10.3 Å². The van der Waals surface area contributed by atoms with Crippen LogP contribution in [0.25, 0.3) is 0 Å². The number of pyridine rings is 1. The third-order valence-corrected chi connectivity index (χ3v) is 2.66. The largest absolute Gasteiger partial charge is 0.433 e. The molecule has 1 amide bonds. The molecule has 1 rings (SSSR count). The van der Waals surface area contributed by atoms with Gasteiger partial charge in [0.25, 0.3) is 5.91 Å². The maximum atomic E-state index is 12.7. The van der Waals surface area contributed by atoms with Crippen LogP contribution in [0.5, 0.6) is 0 Å². The fraction of sp³-hybridized carbons (Fsp3) is 0.500. The van der Waals surface area contributed by atoms with Crippen LogP contribution in [0, 0.1) is 0 Å². The molecular weight excluding hydrogens is 261 g/mol. The molecule has 0 saturated carbocycles. The fourth-order valence-corrected chi connectivity index (χ4v) is 1.32. The number of halogens is 3. The molecule has 0 aliphatic heterocycles. The highest BCUT2D eigenvalue weighted by Crippen LogP contribution is 2.29. The normalized spacial score (nSPS) is 12.3. The Labute approximate surface area is 109 Å². The van der Waals surface area contributed by atoms with Gasteiger partial charge in [-0.25, -0.2) is 0 Å². The quantitative estimate of drug-likeness (QED) is 0.916. The number of nitrogens with one attached hydrogen (secondary N) is 1. The zero-order chi connectivity index (χ0) is 14.7. The molecule has 0 atom stereocenters. The molecule has 0 spiro atoms. The second-order valence-corrected chi connectivity index (χ2v) is 4.41. The van der Waals surface area contributed by atoms with E-state index in [0.29, 0.717) is 0 Å². The van der Waals surface area contributed by atoms with Crippen LogP contribution < -0.4 is 5.32 Å². The number of carbonyl (C=O) groups is 1. The fourth-order valence-electron chi connectivity index (χ4n) is 1.32. The highest BCUT2D eigenvalue weighted by molar-refractivity contribution is 5.84. The third kappa shape index (κ3) is 3.92. The van der Waals surface area contributed by atoms with Crippen molar-refractivity contribution in [2.24, 2.45) is 0 Å². The summed E-state index contributed by atoms with van der Waals surface area (Å²) in [7, 11) is 1.35. The van der Waals surface area contributed by atoms with Crippen molar-refractivity contribution in [1.82, 2.24) is 10.3 Å². The van der Waals surface area contributed by atoms with Crippen molar-refractivity contribution in [2.75, 3.05) is 7.11 Å². The highest BCUT2D eigenvalue weighted by atomic mass is 19.4. The number of nitrogens with zero attached hydrogens (tertiary/aromatic N) is 1. The predicted molar refractivity (Wildman–Crippen MR) is 62.2 cm³/mol. The summed E-state index contributed by atoms with van der Waals surface area (Å²) in [6.45, 7) is 2.79. The zero-order valence-corrected chi connectivity index (χ0v) is 10.8. The van der Waals surface area contributed by atoms with Gasteiger partial charge >= 0.3 is 6.18 Å². The summed E-state index contributed by atoms with van der Waals surface area (Å²) in [6, 6.07) is 2.66. The molecule has 0 fully saturated rings. The zero-order valence-electron chi connectivity index (χ0n) is 10.8. The standard InChI is InChI=1S/C12H15F3N2O2/c1-11(2,19-3)10(18)17-7-8-5-4-6-16-9(8)12(13,14)15/h4-6H,7H2,1-3H3,(H,17,18). The Morgan fingerprint density at radius 3 is 2.58 bits per heavy atom. The van der Waals surface area contributed by atoms with Crippen LogP contribution in [0.2, 0.25) is 0 Å². The average Bonchev–Trinajstić information content (AvgIpc) is 2.35. The molecule has 7 heteroatoms. The van der Waals surface area contributed by atoms with Crippen molar-refractivity contribution < 1.29 is 22.7 Å². The Balaban J connectivity index is 2.82. The van der Waals surface area contributed by atoms with Gasteiger partial charge < -0.3 is 10.1 Å². The van der Waals surface area contributed by atoms with E-state index in [0.717, 1.165) is 6.20 Å². The highest BCUT2D eigenvalue weighted by Gasteiger charge is 2.35. The summed E-state index contributed by atoms with van der Waals surface area (Å²) in [5, 5.41) is 2.40.